The van der Waals surface area contributed by atoms with Crippen LogP contribution in [0.3, 0.4) is 0 Å². The van der Waals surface area contributed by atoms with Crippen LogP contribution in [0.4, 0.5) is 0 Å². The molecule has 2 aromatic rings. The van der Waals surface area contributed by atoms with Crippen LogP contribution in [0, 0.1) is 0 Å². The van der Waals surface area contributed by atoms with E-state index in [1.807, 2.05) is 18.2 Å². The van der Waals surface area contributed by atoms with Gasteiger partial charge in [0.15, 0.2) is 5.69 Å². The molecule has 0 aliphatic heterocycles. The first-order valence-electron chi connectivity index (χ1n) is 6.23. The second-order valence-corrected chi connectivity index (χ2v) is 4.22. The van der Waals surface area contributed by atoms with Gasteiger partial charge < -0.3 is 10.4 Å². The fraction of sp³-hybridized carbons (Fsp3) is 0.200. The maximum atomic E-state index is 11.7. The van der Waals surface area contributed by atoms with Crippen molar-refractivity contribution < 1.29 is 9.90 Å². The second-order valence-electron chi connectivity index (χ2n) is 4.22. The number of nitrogens with zero attached hydrogens (tertiary/aromatic N) is 1. The van der Waals surface area contributed by atoms with Gasteiger partial charge in [-0.1, -0.05) is 30.3 Å². The Bertz CT molecular complexity index is 541. The number of aromatic nitrogens is 1. The lowest BCUT2D eigenvalue weighted by atomic mass is 10.1. The molecule has 0 radical (unpaired) electrons. The zero-order valence-electron chi connectivity index (χ0n) is 10.5. The van der Waals surface area contributed by atoms with Crippen molar-refractivity contribution in [1.82, 2.24) is 10.3 Å². The third-order valence-corrected chi connectivity index (χ3v) is 2.77. The Balaban J connectivity index is 1.77. The van der Waals surface area contributed by atoms with Gasteiger partial charge in [-0.05, 0) is 30.5 Å². The number of carbonyl (C=O) groups is 1. The van der Waals surface area contributed by atoms with Crippen molar-refractivity contribution in [1.29, 1.82) is 0 Å². The van der Waals surface area contributed by atoms with E-state index in [9.17, 15) is 9.90 Å². The minimum absolute atomic E-state index is 0.0715. The molecule has 1 aromatic heterocycles. The molecule has 19 heavy (non-hydrogen) atoms. The predicted molar refractivity (Wildman–Crippen MR) is 73.0 cm³/mol. The molecule has 2 rings (SSSR count). The smallest absolute Gasteiger partial charge is 0.273 e. The van der Waals surface area contributed by atoms with Gasteiger partial charge in [-0.15, -0.1) is 0 Å². The molecule has 2 N–H and O–H groups in total. The molecule has 0 aliphatic carbocycles. The van der Waals surface area contributed by atoms with Gasteiger partial charge in [-0.25, -0.2) is 4.98 Å². The Hall–Kier alpha value is -2.36. The topological polar surface area (TPSA) is 62.2 Å². The molecule has 0 bridgehead atoms. The molecule has 0 spiro atoms. The van der Waals surface area contributed by atoms with E-state index >= 15 is 0 Å². The number of hydrogen-bond donors (Lipinski definition) is 2. The standard InChI is InChI=1S/C15H16N2O2/c18-13-9-5-10-16-14(13)15(19)17-11-4-8-12-6-2-1-3-7-12/h1-3,5-7,9-10,18H,4,8,11H2,(H,17,19). The maximum Gasteiger partial charge on any atom is 0.273 e. The SMILES string of the molecule is O=C(NCCCc1ccccc1)c1ncccc1O. The first-order valence-corrected chi connectivity index (χ1v) is 6.23. The van der Waals surface area contributed by atoms with Crippen molar-refractivity contribution in [3.05, 3.63) is 59.9 Å². The van der Waals surface area contributed by atoms with Crippen LogP contribution in [0.15, 0.2) is 48.7 Å². The number of aryl methyl sites for hydroxylation is 1. The molecule has 1 amide bonds. The minimum Gasteiger partial charge on any atom is -0.505 e. The van der Waals surface area contributed by atoms with Crippen molar-refractivity contribution in [3.8, 4) is 5.75 Å². The highest BCUT2D eigenvalue weighted by Gasteiger charge is 2.10. The van der Waals surface area contributed by atoms with E-state index in [2.05, 4.69) is 22.4 Å². The lowest BCUT2D eigenvalue weighted by molar-refractivity contribution is 0.0945. The van der Waals surface area contributed by atoms with Gasteiger partial charge in [0, 0.05) is 12.7 Å². The summed E-state index contributed by atoms with van der Waals surface area (Å²) in [6, 6.07) is 13.1. The number of hydrogen-bond acceptors (Lipinski definition) is 3. The summed E-state index contributed by atoms with van der Waals surface area (Å²) < 4.78 is 0. The number of nitrogens with one attached hydrogen (secondary N) is 1. The van der Waals surface area contributed by atoms with Crippen molar-refractivity contribution in [2.45, 2.75) is 12.8 Å². The van der Waals surface area contributed by atoms with E-state index in [1.165, 1.54) is 17.8 Å². The number of pyridine rings is 1. The summed E-state index contributed by atoms with van der Waals surface area (Å²) in [5, 5.41) is 12.2. The number of aromatic hydroxyl groups is 1. The molecule has 1 aromatic carbocycles. The molecular formula is C15H16N2O2. The largest absolute Gasteiger partial charge is 0.505 e. The summed E-state index contributed by atoms with van der Waals surface area (Å²) in [4.78, 5) is 15.6. The van der Waals surface area contributed by atoms with Gasteiger partial charge in [0.05, 0.1) is 0 Å². The zero-order valence-corrected chi connectivity index (χ0v) is 10.5. The Morgan fingerprint density at radius 3 is 2.68 bits per heavy atom. The molecule has 0 saturated heterocycles. The molecular weight excluding hydrogens is 240 g/mol. The summed E-state index contributed by atoms with van der Waals surface area (Å²) >= 11 is 0. The number of rotatable bonds is 5. The summed E-state index contributed by atoms with van der Waals surface area (Å²) in [5.74, 6) is -0.436. The molecule has 0 atom stereocenters. The van der Waals surface area contributed by atoms with Crippen molar-refractivity contribution >= 4 is 5.91 Å². The van der Waals surface area contributed by atoms with E-state index in [0.717, 1.165) is 12.8 Å². The molecule has 0 unspecified atom stereocenters. The summed E-state index contributed by atoms with van der Waals surface area (Å²) in [5.41, 5.74) is 1.32. The quantitative estimate of drug-likeness (QED) is 0.806. The zero-order chi connectivity index (χ0) is 13.5. The minimum atomic E-state index is -0.342. The maximum absolute atomic E-state index is 11.7. The van der Waals surface area contributed by atoms with Crippen LogP contribution in [0.5, 0.6) is 5.75 Å². The molecule has 0 fully saturated rings. The fourth-order valence-corrected chi connectivity index (χ4v) is 1.79. The van der Waals surface area contributed by atoms with Crippen LogP contribution in [0.25, 0.3) is 0 Å². The van der Waals surface area contributed by atoms with Gasteiger partial charge in [-0.3, -0.25) is 4.79 Å². The van der Waals surface area contributed by atoms with E-state index in [0.29, 0.717) is 6.54 Å². The van der Waals surface area contributed by atoms with Gasteiger partial charge >= 0.3 is 0 Å². The predicted octanol–water partition coefficient (Wildman–Crippen LogP) is 2.15. The first-order chi connectivity index (χ1) is 9.27. The number of benzene rings is 1. The molecule has 98 valence electrons. The van der Waals surface area contributed by atoms with Crippen LogP contribution in [-0.2, 0) is 6.42 Å². The van der Waals surface area contributed by atoms with E-state index in [4.69, 9.17) is 0 Å². The summed E-state index contributed by atoms with van der Waals surface area (Å²) in [7, 11) is 0. The molecule has 0 aliphatic rings. The Labute approximate surface area is 112 Å². The molecule has 4 nitrogen and oxygen atoms in total. The average Bonchev–Trinajstić information content (AvgIpc) is 2.45. The third-order valence-electron chi connectivity index (χ3n) is 2.77. The van der Waals surface area contributed by atoms with Crippen molar-refractivity contribution in [2.75, 3.05) is 6.54 Å². The van der Waals surface area contributed by atoms with Crippen molar-refractivity contribution in [3.63, 3.8) is 0 Å². The van der Waals surface area contributed by atoms with Gasteiger partial charge in [0.2, 0.25) is 0 Å². The van der Waals surface area contributed by atoms with Crippen LogP contribution < -0.4 is 5.32 Å². The Morgan fingerprint density at radius 2 is 1.95 bits per heavy atom. The Kier molecular flexibility index (Phi) is 4.50. The van der Waals surface area contributed by atoms with E-state index in [-0.39, 0.29) is 17.4 Å². The van der Waals surface area contributed by atoms with E-state index in [1.54, 1.807) is 6.07 Å². The molecule has 4 heteroatoms. The lowest BCUT2D eigenvalue weighted by Crippen LogP contribution is -2.25. The van der Waals surface area contributed by atoms with Crippen molar-refractivity contribution in [2.24, 2.45) is 0 Å². The average molecular weight is 256 g/mol. The third kappa shape index (κ3) is 3.81. The van der Waals surface area contributed by atoms with Crippen LogP contribution in [0.2, 0.25) is 0 Å². The van der Waals surface area contributed by atoms with E-state index < -0.39 is 0 Å². The normalized spacial score (nSPS) is 10.1. The first kappa shape index (κ1) is 13.1. The second kappa shape index (κ2) is 6.54. The highest BCUT2D eigenvalue weighted by atomic mass is 16.3. The monoisotopic (exact) mass is 256 g/mol. The van der Waals surface area contributed by atoms with Gasteiger partial charge in [0.1, 0.15) is 5.75 Å². The van der Waals surface area contributed by atoms with Gasteiger partial charge in [0.25, 0.3) is 5.91 Å². The Morgan fingerprint density at radius 1 is 1.16 bits per heavy atom. The van der Waals surface area contributed by atoms with Crippen LogP contribution in [0.1, 0.15) is 22.5 Å². The van der Waals surface area contributed by atoms with Gasteiger partial charge in [-0.2, -0.15) is 0 Å². The molecule has 1 heterocycles. The summed E-state index contributed by atoms with van der Waals surface area (Å²) in [6.45, 7) is 0.559. The fourth-order valence-electron chi connectivity index (χ4n) is 1.79. The van der Waals surface area contributed by atoms with Crippen LogP contribution >= 0.6 is 0 Å². The number of amides is 1. The highest BCUT2D eigenvalue weighted by molar-refractivity contribution is 5.94. The van der Waals surface area contributed by atoms with Crippen LogP contribution in [-0.4, -0.2) is 22.5 Å². The number of carbonyl (C=O) groups excluding carboxylic acids is 1. The summed E-state index contributed by atoms with van der Waals surface area (Å²) in [6.07, 6.45) is 3.25. The lowest BCUT2D eigenvalue weighted by Gasteiger charge is -2.05. The molecule has 0 saturated carbocycles. The highest BCUT2D eigenvalue weighted by Crippen LogP contribution is 2.11.